The van der Waals surface area contributed by atoms with Crippen molar-refractivity contribution in [2.45, 2.75) is 13.3 Å². The summed E-state index contributed by atoms with van der Waals surface area (Å²) in [7, 11) is 0. The van der Waals surface area contributed by atoms with Crippen molar-refractivity contribution in [3.63, 3.8) is 0 Å². The summed E-state index contributed by atoms with van der Waals surface area (Å²) in [6.07, 6.45) is 0.250. The van der Waals surface area contributed by atoms with Crippen LogP contribution in [-0.2, 0) is 9.59 Å². The third-order valence-electron chi connectivity index (χ3n) is 3.28. The number of aryl methyl sites for hydroxylation is 1. The Morgan fingerprint density at radius 1 is 1.04 bits per heavy atom. The first-order valence-corrected chi connectivity index (χ1v) is 7.67. The third-order valence-corrected chi connectivity index (χ3v) is 3.28. The Balaban J connectivity index is 1.95. The highest BCUT2D eigenvalue weighted by Gasteiger charge is 2.08. The molecule has 6 heteroatoms. The number of rotatable bonds is 7. The number of nitrogens with one attached hydrogen (secondary N) is 2. The standard InChI is InChI=1S/C18H21N3O3/c1-13-7-8-14(20-17(22)9-10-19)11-16(13)21-18(23)12-24-15-5-3-2-4-6-15/h2-8,11H,9-10,12,19H2,1H3,(H,20,22)(H,21,23). The minimum Gasteiger partial charge on any atom is -0.484 e. The van der Waals surface area contributed by atoms with Crippen LogP contribution >= 0.6 is 0 Å². The van der Waals surface area contributed by atoms with Crippen molar-refractivity contribution in [2.24, 2.45) is 5.73 Å². The Morgan fingerprint density at radius 3 is 2.50 bits per heavy atom. The van der Waals surface area contributed by atoms with E-state index in [2.05, 4.69) is 10.6 Å². The van der Waals surface area contributed by atoms with Crippen molar-refractivity contribution in [2.75, 3.05) is 23.8 Å². The molecule has 0 unspecified atom stereocenters. The van der Waals surface area contributed by atoms with E-state index in [-0.39, 0.29) is 31.4 Å². The first kappa shape index (κ1) is 17.5. The number of carbonyl (C=O) groups is 2. The zero-order chi connectivity index (χ0) is 17.4. The molecule has 0 saturated carbocycles. The maximum Gasteiger partial charge on any atom is 0.262 e. The second-order valence-corrected chi connectivity index (χ2v) is 5.27. The number of hydrogen-bond donors (Lipinski definition) is 3. The first-order chi connectivity index (χ1) is 11.6. The van der Waals surface area contributed by atoms with E-state index < -0.39 is 0 Å². The molecule has 24 heavy (non-hydrogen) atoms. The van der Waals surface area contributed by atoms with Crippen LogP contribution in [0.1, 0.15) is 12.0 Å². The summed E-state index contributed by atoms with van der Waals surface area (Å²) in [5.41, 5.74) is 7.48. The summed E-state index contributed by atoms with van der Waals surface area (Å²) in [5, 5.41) is 5.53. The SMILES string of the molecule is Cc1ccc(NC(=O)CCN)cc1NC(=O)COc1ccccc1. The van der Waals surface area contributed by atoms with Gasteiger partial charge >= 0.3 is 0 Å². The number of anilines is 2. The number of para-hydroxylation sites is 1. The van der Waals surface area contributed by atoms with Gasteiger partial charge in [0.05, 0.1) is 0 Å². The lowest BCUT2D eigenvalue weighted by Crippen LogP contribution is -2.21. The van der Waals surface area contributed by atoms with Crippen molar-refractivity contribution in [1.29, 1.82) is 0 Å². The van der Waals surface area contributed by atoms with E-state index in [1.807, 2.05) is 31.2 Å². The van der Waals surface area contributed by atoms with Gasteiger partial charge in [0.1, 0.15) is 5.75 Å². The van der Waals surface area contributed by atoms with Gasteiger partial charge in [-0.15, -0.1) is 0 Å². The van der Waals surface area contributed by atoms with Crippen LogP contribution in [0.25, 0.3) is 0 Å². The number of amides is 2. The molecule has 2 amide bonds. The normalized spacial score (nSPS) is 10.1. The number of carbonyl (C=O) groups excluding carboxylic acids is 2. The van der Waals surface area contributed by atoms with E-state index >= 15 is 0 Å². The molecule has 126 valence electrons. The van der Waals surface area contributed by atoms with Crippen molar-refractivity contribution < 1.29 is 14.3 Å². The van der Waals surface area contributed by atoms with Gasteiger partial charge in [0.15, 0.2) is 6.61 Å². The molecule has 6 nitrogen and oxygen atoms in total. The molecule has 2 aromatic rings. The molecular formula is C18H21N3O3. The lowest BCUT2D eigenvalue weighted by Gasteiger charge is -2.12. The summed E-state index contributed by atoms with van der Waals surface area (Å²) in [4.78, 5) is 23.6. The predicted octanol–water partition coefficient (Wildman–Crippen LogP) is 2.30. The Hall–Kier alpha value is -2.86. The minimum atomic E-state index is -0.271. The number of nitrogens with two attached hydrogens (primary N) is 1. The molecule has 0 heterocycles. The van der Waals surface area contributed by atoms with E-state index in [9.17, 15) is 9.59 Å². The molecule has 2 aromatic carbocycles. The maximum absolute atomic E-state index is 12.0. The van der Waals surface area contributed by atoms with Gasteiger partial charge in [0, 0.05) is 24.3 Å². The fourth-order valence-electron chi connectivity index (χ4n) is 2.04. The van der Waals surface area contributed by atoms with E-state index in [1.54, 1.807) is 24.3 Å². The van der Waals surface area contributed by atoms with Crippen LogP contribution in [0, 0.1) is 6.92 Å². The Morgan fingerprint density at radius 2 is 1.79 bits per heavy atom. The zero-order valence-corrected chi connectivity index (χ0v) is 13.5. The van der Waals surface area contributed by atoms with Crippen molar-refractivity contribution >= 4 is 23.2 Å². The Bertz CT molecular complexity index is 702. The largest absolute Gasteiger partial charge is 0.484 e. The van der Waals surface area contributed by atoms with E-state index in [1.165, 1.54) is 0 Å². The van der Waals surface area contributed by atoms with Crippen molar-refractivity contribution in [1.82, 2.24) is 0 Å². The third kappa shape index (κ3) is 5.40. The molecule has 0 radical (unpaired) electrons. The summed E-state index contributed by atoms with van der Waals surface area (Å²) in [6, 6.07) is 14.4. The highest BCUT2D eigenvalue weighted by Crippen LogP contribution is 2.20. The minimum absolute atomic E-state index is 0.0901. The van der Waals surface area contributed by atoms with Gasteiger partial charge in [-0.25, -0.2) is 0 Å². The Kier molecular flexibility index (Phi) is 6.33. The lowest BCUT2D eigenvalue weighted by molar-refractivity contribution is -0.118. The molecule has 4 N–H and O–H groups in total. The summed E-state index contributed by atoms with van der Waals surface area (Å²) >= 11 is 0. The van der Waals surface area contributed by atoms with Crippen LogP contribution < -0.4 is 21.1 Å². The molecule has 2 rings (SSSR count). The summed E-state index contributed by atoms with van der Waals surface area (Å²) in [6.45, 7) is 2.07. The summed E-state index contributed by atoms with van der Waals surface area (Å²) < 4.78 is 5.41. The van der Waals surface area contributed by atoms with Crippen LogP contribution in [0.3, 0.4) is 0 Å². The fourth-order valence-corrected chi connectivity index (χ4v) is 2.04. The van der Waals surface area contributed by atoms with Crippen LogP contribution in [0.4, 0.5) is 11.4 Å². The van der Waals surface area contributed by atoms with Gasteiger partial charge in [-0.05, 0) is 36.8 Å². The molecule has 0 atom stereocenters. The van der Waals surface area contributed by atoms with E-state index in [4.69, 9.17) is 10.5 Å². The van der Waals surface area contributed by atoms with Crippen molar-refractivity contribution in [3.05, 3.63) is 54.1 Å². The van der Waals surface area contributed by atoms with Crippen LogP contribution in [0.2, 0.25) is 0 Å². The van der Waals surface area contributed by atoms with E-state index in [0.29, 0.717) is 17.1 Å². The fraction of sp³-hybridized carbons (Fsp3) is 0.222. The molecule has 0 aliphatic heterocycles. The van der Waals surface area contributed by atoms with Gasteiger partial charge in [-0.1, -0.05) is 24.3 Å². The Labute approximate surface area is 141 Å². The zero-order valence-electron chi connectivity index (χ0n) is 13.5. The van der Waals surface area contributed by atoms with Crippen LogP contribution in [0.15, 0.2) is 48.5 Å². The number of ether oxygens (including phenoxy) is 1. The van der Waals surface area contributed by atoms with Gasteiger partial charge in [-0.2, -0.15) is 0 Å². The number of benzene rings is 2. The molecule has 0 saturated heterocycles. The maximum atomic E-state index is 12.0. The van der Waals surface area contributed by atoms with Crippen LogP contribution in [-0.4, -0.2) is 25.0 Å². The second kappa shape index (κ2) is 8.69. The molecule has 0 aliphatic rings. The topological polar surface area (TPSA) is 93.5 Å². The molecule has 0 fully saturated rings. The molecule has 0 aromatic heterocycles. The first-order valence-electron chi connectivity index (χ1n) is 7.67. The predicted molar refractivity (Wildman–Crippen MR) is 94.0 cm³/mol. The molecule has 0 bridgehead atoms. The average Bonchev–Trinajstić information content (AvgIpc) is 2.57. The number of hydrogen-bond acceptors (Lipinski definition) is 4. The van der Waals surface area contributed by atoms with Gasteiger partial charge in [0.25, 0.3) is 5.91 Å². The highest BCUT2D eigenvalue weighted by atomic mass is 16.5. The van der Waals surface area contributed by atoms with Crippen LogP contribution in [0.5, 0.6) is 5.75 Å². The van der Waals surface area contributed by atoms with Gasteiger partial charge in [0.2, 0.25) is 5.91 Å². The lowest BCUT2D eigenvalue weighted by atomic mass is 10.1. The molecular weight excluding hydrogens is 306 g/mol. The molecule has 0 aliphatic carbocycles. The monoisotopic (exact) mass is 327 g/mol. The second-order valence-electron chi connectivity index (χ2n) is 5.27. The summed E-state index contributed by atoms with van der Waals surface area (Å²) in [5.74, 6) is 0.200. The smallest absolute Gasteiger partial charge is 0.262 e. The van der Waals surface area contributed by atoms with Gasteiger partial charge < -0.3 is 21.1 Å². The van der Waals surface area contributed by atoms with Crippen molar-refractivity contribution in [3.8, 4) is 5.75 Å². The molecule has 0 spiro atoms. The quantitative estimate of drug-likeness (QED) is 0.727. The van der Waals surface area contributed by atoms with E-state index in [0.717, 1.165) is 5.56 Å². The highest BCUT2D eigenvalue weighted by molar-refractivity contribution is 5.95. The van der Waals surface area contributed by atoms with Gasteiger partial charge in [-0.3, -0.25) is 9.59 Å². The average molecular weight is 327 g/mol.